The van der Waals surface area contributed by atoms with E-state index in [0.717, 1.165) is 0 Å². The maximum atomic E-state index is 10.2. The molecule has 0 aliphatic rings. The first-order valence-corrected chi connectivity index (χ1v) is 6.30. The van der Waals surface area contributed by atoms with Gasteiger partial charge in [-0.1, -0.05) is 0 Å². The lowest BCUT2D eigenvalue weighted by atomic mass is 10.6. The monoisotopic (exact) mass is 206 g/mol. The molecule has 0 radical (unpaired) electrons. The summed E-state index contributed by atoms with van der Waals surface area (Å²) in [4.78, 5) is 0. The van der Waals surface area contributed by atoms with E-state index in [1.807, 2.05) is 0 Å². The Hall–Kier alpha value is 0.190. The molecule has 0 atom stereocenters. The maximum Gasteiger partial charge on any atom is 0.232 e. The normalized spacial score (nSPS) is 12.2. The number of rotatable bonds is 4. The van der Waals surface area contributed by atoms with E-state index < -0.39 is 19.8 Å². The Morgan fingerprint density at radius 1 is 1.30 bits per heavy atom. The first-order chi connectivity index (χ1) is 4.42. The van der Waals surface area contributed by atoms with Gasteiger partial charge in [0.05, 0.1) is 5.75 Å². The van der Waals surface area contributed by atoms with Gasteiger partial charge in [0, 0.05) is 16.4 Å². The molecule has 0 rings (SSSR count). The molecule has 62 valence electrons. The molecule has 0 saturated heterocycles. The molecule has 0 aliphatic heterocycles. The number of hydrogen-bond donors (Lipinski definition) is 1. The van der Waals surface area contributed by atoms with E-state index in [1.165, 1.54) is 0 Å². The van der Waals surface area contributed by atoms with Gasteiger partial charge in [0.25, 0.3) is 0 Å². The Bertz CT molecular complexity index is 244. The van der Waals surface area contributed by atoms with Crippen LogP contribution >= 0.6 is 10.7 Å². The van der Waals surface area contributed by atoms with Crippen LogP contribution in [0.1, 0.15) is 6.42 Å². The first-order valence-electron chi connectivity index (χ1n) is 2.46. The average Bonchev–Trinajstić information content (AvgIpc) is 1.59. The van der Waals surface area contributed by atoms with Gasteiger partial charge >= 0.3 is 0 Å². The van der Waals surface area contributed by atoms with Crippen molar-refractivity contribution in [2.24, 2.45) is 0 Å². The van der Waals surface area contributed by atoms with Gasteiger partial charge in [0.2, 0.25) is 9.05 Å². The number of hydrogen-bond acceptors (Lipinski definition) is 4. The third kappa shape index (κ3) is 8.19. The van der Waals surface area contributed by atoms with E-state index >= 15 is 0 Å². The highest BCUT2D eigenvalue weighted by Gasteiger charge is 2.03. The molecule has 0 aliphatic carbocycles. The summed E-state index contributed by atoms with van der Waals surface area (Å²) >= 11 is 0. The van der Waals surface area contributed by atoms with Crippen molar-refractivity contribution in [2.75, 3.05) is 11.5 Å². The largest absolute Gasteiger partial charge is 0.232 e. The summed E-state index contributed by atoms with van der Waals surface area (Å²) in [5.41, 5.74) is 0. The standard InChI is InChI=1S/C3H7ClO4S2/c4-10(7,8)3-1-2-9(5)6/h9H,1-3H2. The van der Waals surface area contributed by atoms with Crippen molar-refractivity contribution in [1.82, 2.24) is 0 Å². The van der Waals surface area contributed by atoms with Gasteiger partial charge in [-0.3, -0.25) is 0 Å². The van der Waals surface area contributed by atoms with Crippen LogP contribution in [0.25, 0.3) is 0 Å². The molecule has 0 unspecified atom stereocenters. The second-order valence-corrected chi connectivity index (χ2v) is 5.66. The predicted octanol–water partition coefficient (Wildman–Crippen LogP) is -0.444. The molecule has 0 spiro atoms. The molecule has 4 nitrogen and oxygen atoms in total. The summed E-state index contributed by atoms with van der Waals surface area (Å²) in [6.07, 6.45) is 0.0739. The van der Waals surface area contributed by atoms with Crippen LogP contribution in [0.15, 0.2) is 0 Å². The maximum absolute atomic E-state index is 10.2. The zero-order chi connectivity index (χ0) is 8.20. The minimum Gasteiger partial charge on any atom is -0.232 e. The second-order valence-electron chi connectivity index (χ2n) is 1.65. The topological polar surface area (TPSA) is 68.3 Å². The van der Waals surface area contributed by atoms with E-state index in [4.69, 9.17) is 10.7 Å². The van der Waals surface area contributed by atoms with Gasteiger partial charge in [0.1, 0.15) is 10.7 Å². The molecule has 0 amide bonds. The highest BCUT2D eigenvalue weighted by molar-refractivity contribution is 8.13. The van der Waals surface area contributed by atoms with Crippen LogP contribution in [-0.2, 0) is 19.8 Å². The zero-order valence-corrected chi connectivity index (χ0v) is 7.45. The molecule has 10 heavy (non-hydrogen) atoms. The molecule has 0 bridgehead atoms. The fraction of sp³-hybridized carbons (Fsp3) is 1.00. The molecule has 0 aromatic carbocycles. The van der Waals surface area contributed by atoms with Crippen molar-refractivity contribution in [3.05, 3.63) is 0 Å². The Labute approximate surface area is 65.6 Å². The summed E-state index contributed by atoms with van der Waals surface area (Å²) < 4.78 is 40.1. The van der Waals surface area contributed by atoms with Gasteiger partial charge in [-0.25, -0.2) is 16.8 Å². The second kappa shape index (κ2) is 4.15. The highest BCUT2D eigenvalue weighted by atomic mass is 35.7. The lowest BCUT2D eigenvalue weighted by Gasteiger charge is -1.89. The van der Waals surface area contributed by atoms with Crippen LogP contribution in [0.4, 0.5) is 0 Å². The van der Waals surface area contributed by atoms with Crippen molar-refractivity contribution < 1.29 is 16.8 Å². The highest BCUT2D eigenvalue weighted by Crippen LogP contribution is 1.97. The number of thiol groups is 1. The predicted molar refractivity (Wildman–Crippen MR) is 39.4 cm³/mol. The fourth-order valence-corrected chi connectivity index (χ4v) is 1.81. The SMILES string of the molecule is O=[SH](=O)CCCS(=O)(=O)Cl. The first kappa shape index (κ1) is 10.2. The summed E-state index contributed by atoms with van der Waals surface area (Å²) in [5.74, 6) is -0.404. The van der Waals surface area contributed by atoms with E-state index in [1.54, 1.807) is 0 Å². The van der Waals surface area contributed by atoms with Crippen molar-refractivity contribution in [3.8, 4) is 0 Å². The van der Waals surface area contributed by atoms with Crippen LogP contribution < -0.4 is 0 Å². The van der Waals surface area contributed by atoms with E-state index in [-0.39, 0.29) is 17.9 Å². The molecule has 0 aromatic heterocycles. The Morgan fingerprint density at radius 2 is 1.80 bits per heavy atom. The third-order valence-corrected chi connectivity index (χ3v) is 2.65. The minimum atomic E-state index is -3.51. The molecule has 0 aromatic rings. The Morgan fingerprint density at radius 3 is 2.10 bits per heavy atom. The van der Waals surface area contributed by atoms with E-state index in [9.17, 15) is 16.8 Å². The van der Waals surface area contributed by atoms with Crippen molar-refractivity contribution >= 4 is 30.4 Å². The summed E-state index contributed by atoms with van der Waals surface area (Å²) in [6, 6.07) is 0. The van der Waals surface area contributed by atoms with Gasteiger partial charge in [-0.05, 0) is 6.42 Å². The van der Waals surface area contributed by atoms with Gasteiger partial charge in [-0.15, -0.1) is 0 Å². The van der Waals surface area contributed by atoms with E-state index in [0.29, 0.717) is 0 Å². The summed E-state index contributed by atoms with van der Waals surface area (Å²) in [6.45, 7) is 0. The molecular weight excluding hydrogens is 200 g/mol. The van der Waals surface area contributed by atoms with Crippen LogP contribution in [0, 0.1) is 0 Å². The zero-order valence-electron chi connectivity index (χ0n) is 4.99. The van der Waals surface area contributed by atoms with Crippen LogP contribution in [-0.4, -0.2) is 28.3 Å². The van der Waals surface area contributed by atoms with Crippen molar-refractivity contribution in [3.63, 3.8) is 0 Å². The Balaban J connectivity index is 3.59. The molecular formula is C3H7ClO4S2. The molecule has 7 heteroatoms. The lowest BCUT2D eigenvalue weighted by Crippen LogP contribution is -2.00. The Kier molecular flexibility index (Phi) is 4.23. The van der Waals surface area contributed by atoms with Crippen molar-refractivity contribution in [1.29, 1.82) is 0 Å². The quantitative estimate of drug-likeness (QED) is 0.500. The van der Waals surface area contributed by atoms with Crippen LogP contribution in [0.3, 0.4) is 0 Å². The van der Waals surface area contributed by atoms with Gasteiger partial charge in [0.15, 0.2) is 0 Å². The smallest absolute Gasteiger partial charge is 0.232 e. The molecule has 0 fully saturated rings. The van der Waals surface area contributed by atoms with E-state index in [2.05, 4.69) is 0 Å². The summed E-state index contributed by atoms with van der Waals surface area (Å²) in [5, 5.41) is 0. The average molecular weight is 207 g/mol. The van der Waals surface area contributed by atoms with Gasteiger partial charge in [-0.2, -0.15) is 0 Å². The number of halogens is 1. The van der Waals surface area contributed by atoms with Crippen LogP contribution in [0.5, 0.6) is 0 Å². The fourth-order valence-electron chi connectivity index (χ4n) is 0.366. The third-order valence-electron chi connectivity index (χ3n) is 0.729. The van der Waals surface area contributed by atoms with Gasteiger partial charge < -0.3 is 0 Å². The minimum absolute atomic E-state index is 0.0739. The molecule has 0 heterocycles. The molecule has 0 N–H and O–H groups in total. The van der Waals surface area contributed by atoms with Crippen LogP contribution in [0.2, 0.25) is 0 Å². The summed E-state index contributed by atoms with van der Waals surface area (Å²) in [7, 11) is -1.20. The molecule has 0 saturated carbocycles. The van der Waals surface area contributed by atoms with Crippen molar-refractivity contribution in [2.45, 2.75) is 6.42 Å². The lowest BCUT2D eigenvalue weighted by molar-refractivity contribution is 0.606.